The summed E-state index contributed by atoms with van der Waals surface area (Å²) < 4.78 is 10.6. The lowest BCUT2D eigenvalue weighted by atomic mass is 9.85. The number of aliphatic hydroxyl groups excluding tert-OH is 1. The highest BCUT2D eigenvalue weighted by molar-refractivity contribution is 4.85. The van der Waals surface area contributed by atoms with Crippen molar-refractivity contribution in [3.8, 4) is 0 Å². The molecular formula is C12H25O3. The molecule has 3 nitrogen and oxygen atoms in total. The maximum absolute atomic E-state index is 8.48. The molecule has 0 aliphatic carbocycles. The standard InChI is InChI=1S/C12H25O3/c1-11(2)9-12(3,4)10-15-8-7-14-6-5-13/h13H,5-10H2,1-4H3. The second kappa shape index (κ2) is 8.08. The molecule has 0 aliphatic heterocycles. The van der Waals surface area contributed by atoms with E-state index in [-0.39, 0.29) is 12.0 Å². The first-order chi connectivity index (χ1) is 6.98. The van der Waals surface area contributed by atoms with Crippen molar-refractivity contribution >= 4 is 0 Å². The van der Waals surface area contributed by atoms with Gasteiger partial charge in [0.1, 0.15) is 0 Å². The van der Waals surface area contributed by atoms with E-state index in [1.165, 1.54) is 5.92 Å². The van der Waals surface area contributed by atoms with Gasteiger partial charge in [0.2, 0.25) is 0 Å². The lowest BCUT2D eigenvalue weighted by molar-refractivity contribution is 0.00589. The van der Waals surface area contributed by atoms with Crippen molar-refractivity contribution in [3.05, 3.63) is 5.92 Å². The maximum atomic E-state index is 8.48. The largest absolute Gasteiger partial charge is 0.394 e. The van der Waals surface area contributed by atoms with Crippen molar-refractivity contribution in [2.75, 3.05) is 33.0 Å². The van der Waals surface area contributed by atoms with Gasteiger partial charge in [-0.05, 0) is 17.8 Å². The average Bonchev–Trinajstić information content (AvgIpc) is 2.08. The molecule has 0 aromatic carbocycles. The molecule has 0 rings (SSSR count). The Balaban J connectivity index is 3.40. The van der Waals surface area contributed by atoms with E-state index in [4.69, 9.17) is 14.6 Å². The zero-order chi connectivity index (χ0) is 11.7. The molecule has 0 atom stereocenters. The highest BCUT2D eigenvalue weighted by Crippen LogP contribution is 2.26. The van der Waals surface area contributed by atoms with Gasteiger partial charge in [0.25, 0.3) is 0 Å². The summed E-state index contributed by atoms with van der Waals surface area (Å²) in [6, 6.07) is 0. The molecule has 0 saturated heterocycles. The van der Waals surface area contributed by atoms with Gasteiger partial charge in [-0.1, -0.05) is 27.7 Å². The molecule has 0 bridgehead atoms. The third-order valence-electron chi connectivity index (χ3n) is 1.93. The fraction of sp³-hybridized carbons (Fsp3) is 0.917. The Hall–Kier alpha value is -0.120. The summed E-state index contributed by atoms with van der Waals surface area (Å²) in [7, 11) is 0. The zero-order valence-corrected chi connectivity index (χ0v) is 10.5. The molecule has 15 heavy (non-hydrogen) atoms. The molecule has 0 spiro atoms. The second-order valence-electron chi connectivity index (χ2n) is 4.94. The summed E-state index contributed by atoms with van der Waals surface area (Å²) in [5.74, 6) is 1.43. The molecule has 0 unspecified atom stereocenters. The number of rotatable bonds is 9. The van der Waals surface area contributed by atoms with Crippen LogP contribution in [0, 0.1) is 11.3 Å². The van der Waals surface area contributed by atoms with Crippen LogP contribution in [0.25, 0.3) is 0 Å². The summed E-state index contributed by atoms with van der Waals surface area (Å²) in [6.07, 6.45) is 1.09. The number of hydrogen-bond acceptors (Lipinski definition) is 3. The Morgan fingerprint density at radius 3 is 2.20 bits per heavy atom. The van der Waals surface area contributed by atoms with Gasteiger partial charge in [0, 0.05) is 0 Å². The Labute approximate surface area is 93.8 Å². The normalized spacial score (nSPS) is 12.4. The van der Waals surface area contributed by atoms with Crippen molar-refractivity contribution < 1.29 is 14.6 Å². The van der Waals surface area contributed by atoms with E-state index in [0.29, 0.717) is 19.8 Å². The van der Waals surface area contributed by atoms with E-state index in [9.17, 15) is 0 Å². The molecule has 0 fully saturated rings. The van der Waals surface area contributed by atoms with Crippen molar-refractivity contribution in [1.29, 1.82) is 0 Å². The fourth-order valence-electron chi connectivity index (χ4n) is 1.64. The Morgan fingerprint density at radius 2 is 1.67 bits per heavy atom. The van der Waals surface area contributed by atoms with Gasteiger partial charge >= 0.3 is 0 Å². The van der Waals surface area contributed by atoms with Crippen LogP contribution in [-0.2, 0) is 9.47 Å². The van der Waals surface area contributed by atoms with E-state index in [2.05, 4.69) is 27.7 Å². The van der Waals surface area contributed by atoms with Gasteiger partial charge in [-0.3, -0.25) is 0 Å². The minimum Gasteiger partial charge on any atom is -0.394 e. The van der Waals surface area contributed by atoms with Crippen molar-refractivity contribution in [1.82, 2.24) is 0 Å². The quantitative estimate of drug-likeness (QED) is 0.601. The van der Waals surface area contributed by atoms with Crippen molar-refractivity contribution in [2.45, 2.75) is 34.1 Å². The molecule has 0 amide bonds. The van der Waals surface area contributed by atoms with Gasteiger partial charge in [-0.15, -0.1) is 0 Å². The summed E-state index contributed by atoms with van der Waals surface area (Å²) in [6.45, 7) is 11.1. The predicted octanol–water partition coefficient (Wildman–Crippen LogP) is 2.04. The third kappa shape index (κ3) is 10.2. The van der Waals surface area contributed by atoms with E-state index >= 15 is 0 Å². The maximum Gasteiger partial charge on any atom is 0.0701 e. The summed E-state index contributed by atoms with van der Waals surface area (Å²) in [5, 5.41) is 8.48. The second-order valence-corrected chi connectivity index (χ2v) is 4.94. The van der Waals surface area contributed by atoms with Crippen LogP contribution in [0.5, 0.6) is 0 Å². The number of hydrogen-bond donors (Lipinski definition) is 1. The molecule has 0 aliphatic rings. The Kier molecular flexibility index (Phi) is 8.02. The van der Waals surface area contributed by atoms with Crippen molar-refractivity contribution in [2.24, 2.45) is 5.41 Å². The van der Waals surface area contributed by atoms with E-state index in [1.54, 1.807) is 0 Å². The minimum atomic E-state index is 0.0789. The van der Waals surface area contributed by atoms with Gasteiger partial charge < -0.3 is 14.6 Å². The molecule has 1 N–H and O–H groups in total. The zero-order valence-electron chi connectivity index (χ0n) is 10.5. The first-order valence-electron chi connectivity index (χ1n) is 5.53. The van der Waals surface area contributed by atoms with Crippen molar-refractivity contribution in [3.63, 3.8) is 0 Å². The van der Waals surface area contributed by atoms with Crippen LogP contribution in [0.3, 0.4) is 0 Å². The van der Waals surface area contributed by atoms with Gasteiger partial charge in [-0.25, -0.2) is 0 Å². The molecule has 91 valence electrons. The van der Waals surface area contributed by atoms with Crippen LogP contribution in [0.2, 0.25) is 0 Å². The fourth-order valence-corrected chi connectivity index (χ4v) is 1.64. The molecule has 0 heterocycles. The Morgan fingerprint density at radius 1 is 1.07 bits per heavy atom. The highest BCUT2D eigenvalue weighted by Gasteiger charge is 2.19. The number of ether oxygens (including phenoxy) is 2. The lowest BCUT2D eigenvalue weighted by Crippen LogP contribution is -2.22. The highest BCUT2D eigenvalue weighted by atomic mass is 16.5. The van der Waals surface area contributed by atoms with E-state index < -0.39 is 0 Å². The SMILES string of the molecule is C[C](C)CC(C)(C)COCCOCCO. The summed E-state index contributed by atoms with van der Waals surface area (Å²) >= 11 is 0. The number of aliphatic hydroxyl groups is 1. The van der Waals surface area contributed by atoms with Crippen LogP contribution in [0.1, 0.15) is 34.1 Å². The first kappa shape index (κ1) is 14.9. The topological polar surface area (TPSA) is 38.7 Å². The lowest BCUT2D eigenvalue weighted by Gasteiger charge is -2.26. The molecule has 1 radical (unpaired) electrons. The van der Waals surface area contributed by atoms with Crippen LogP contribution >= 0.6 is 0 Å². The van der Waals surface area contributed by atoms with Crippen LogP contribution < -0.4 is 0 Å². The van der Waals surface area contributed by atoms with Gasteiger partial charge in [0.05, 0.1) is 33.0 Å². The predicted molar refractivity (Wildman–Crippen MR) is 61.7 cm³/mol. The molecule has 3 heteroatoms. The van der Waals surface area contributed by atoms with Crippen LogP contribution in [0.4, 0.5) is 0 Å². The summed E-state index contributed by atoms with van der Waals surface area (Å²) in [4.78, 5) is 0. The minimum absolute atomic E-state index is 0.0789. The van der Waals surface area contributed by atoms with Gasteiger partial charge in [0.15, 0.2) is 0 Å². The monoisotopic (exact) mass is 217 g/mol. The molecule has 0 saturated carbocycles. The van der Waals surface area contributed by atoms with Crippen LogP contribution in [-0.4, -0.2) is 38.1 Å². The van der Waals surface area contributed by atoms with Crippen LogP contribution in [0.15, 0.2) is 0 Å². The first-order valence-corrected chi connectivity index (χ1v) is 5.53. The smallest absolute Gasteiger partial charge is 0.0701 e. The Bertz CT molecular complexity index is 144. The third-order valence-corrected chi connectivity index (χ3v) is 1.93. The van der Waals surface area contributed by atoms with Gasteiger partial charge in [-0.2, -0.15) is 0 Å². The molecule has 0 aromatic rings. The van der Waals surface area contributed by atoms with E-state index in [1.807, 2.05) is 0 Å². The molecule has 0 aromatic heterocycles. The average molecular weight is 217 g/mol. The summed E-state index contributed by atoms with van der Waals surface area (Å²) in [5.41, 5.74) is 0.204. The molecular weight excluding hydrogens is 192 g/mol. The van der Waals surface area contributed by atoms with E-state index in [0.717, 1.165) is 13.0 Å².